The lowest BCUT2D eigenvalue weighted by atomic mass is 10.1. The largest absolute Gasteiger partial charge is 0.472 e. The lowest BCUT2D eigenvalue weighted by Gasteiger charge is -2.15. The second-order valence-electron chi connectivity index (χ2n) is 5.51. The topological polar surface area (TPSA) is 94.7 Å². The van der Waals surface area contributed by atoms with Crippen LogP contribution in [0.1, 0.15) is 31.4 Å². The van der Waals surface area contributed by atoms with Gasteiger partial charge in [0.15, 0.2) is 11.9 Å². The second kappa shape index (κ2) is 6.24. The molecule has 1 aliphatic rings. The fourth-order valence-corrected chi connectivity index (χ4v) is 2.39. The Labute approximate surface area is 142 Å². The zero-order valence-corrected chi connectivity index (χ0v) is 13.6. The number of halogens is 1. The summed E-state index contributed by atoms with van der Waals surface area (Å²) in [6.07, 6.45) is -0.419. The summed E-state index contributed by atoms with van der Waals surface area (Å²) in [5, 5.41) is 16.8. The van der Waals surface area contributed by atoms with Crippen LogP contribution in [0.15, 0.2) is 22.6 Å². The average Bonchev–Trinajstić information content (AvgIpc) is 3.12. The molecule has 1 fully saturated rings. The Kier molecular flexibility index (Phi) is 4.28. The van der Waals surface area contributed by atoms with Gasteiger partial charge in [-0.2, -0.15) is 0 Å². The van der Waals surface area contributed by atoms with E-state index in [1.807, 2.05) is 5.92 Å². The fourth-order valence-electron chi connectivity index (χ4n) is 2.16. The number of carbonyl (C=O) groups is 1. The van der Waals surface area contributed by atoms with Crippen molar-refractivity contribution in [1.82, 2.24) is 10.2 Å². The van der Waals surface area contributed by atoms with Gasteiger partial charge in [0.1, 0.15) is 0 Å². The SMILES string of the molecule is CC1(C)OCC(c2nnc(-c3ccc(C#CC(=O)O)c(Cl)c3)o2)O1. The minimum atomic E-state index is -1.22. The number of nitrogens with zero attached hydrogens (tertiary/aromatic N) is 2. The highest BCUT2D eigenvalue weighted by atomic mass is 35.5. The molecule has 124 valence electrons. The molecular weight excluding hydrogens is 336 g/mol. The van der Waals surface area contributed by atoms with Gasteiger partial charge < -0.3 is 19.0 Å². The van der Waals surface area contributed by atoms with Crippen molar-refractivity contribution in [3.05, 3.63) is 34.7 Å². The Morgan fingerprint density at radius 2 is 2.21 bits per heavy atom. The number of hydrogen-bond acceptors (Lipinski definition) is 6. The summed E-state index contributed by atoms with van der Waals surface area (Å²) in [5.41, 5.74) is 0.995. The van der Waals surface area contributed by atoms with Crippen LogP contribution < -0.4 is 0 Å². The summed E-state index contributed by atoms with van der Waals surface area (Å²) in [6, 6.07) is 4.85. The highest BCUT2D eigenvalue weighted by Crippen LogP contribution is 2.33. The van der Waals surface area contributed by atoms with Crippen LogP contribution in [-0.4, -0.2) is 33.7 Å². The van der Waals surface area contributed by atoms with E-state index in [1.165, 1.54) is 0 Å². The molecule has 3 rings (SSSR count). The molecule has 1 atom stereocenters. The molecule has 1 aromatic heterocycles. The Morgan fingerprint density at radius 1 is 1.42 bits per heavy atom. The normalized spacial score (nSPS) is 18.9. The smallest absolute Gasteiger partial charge is 0.382 e. The average molecular weight is 349 g/mol. The molecular formula is C16H13ClN2O5. The lowest BCUT2D eigenvalue weighted by Crippen LogP contribution is -2.19. The van der Waals surface area contributed by atoms with Gasteiger partial charge in [-0.15, -0.1) is 10.2 Å². The molecule has 1 saturated heterocycles. The lowest BCUT2D eigenvalue weighted by molar-refractivity contribution is -0.141. The van der Waals surface area contributed by atoms with Gasteiger partial charge in [-0.05, 0) is 32.0 Å². The Morgan fingerprint density at radius 3 is 2.83 bits per heavy atom. The van der Waals surface area contributed by atoms with Gasteiger partial charge in [-0.1, -0.05) is 17.5 Å². The van der Waals surface area contributed by atoms with Crippen LogP contribution >= 0.6 is 11.6 Å². The van der Waals surface area contributed by atoms with E-state index >= 15 is 0 Å². The number of ether oxygens (including phenoxy) is 2. The maximum absolute atomic E-state index is 10.5. The van der Waals surface area contributed by atoms with Crippen molar-refractivity contribution in [3.63, 3.8) is 0 Å². The molecule has 1 unspecified atom stereocenters. The van der Waals surface area contributed by atoms with E-state index in [2.05, 4.69) is 16.1 Å². The van der Waals surface area contributed by atoms with Crippen molar-refractivity contribution in [2.75, 3.05) is 6.61 Å². The molecule has 2 aromatic rings. The molecule has 0 radical (unpaired) electrons. The Bertz CT molecular complexity index is 850. The first-order valence-electron chi connectivity index (χ1n) is 7.04. The Balaban J connectivity index is 1.82. The van der Waals surface area contributed by atoms with Gasteiger partial charge in [-0.25, -0.2) is 4.79 Å². The summed E-state index contributed by atoms with van der Waals surface area (Å²) in [5.74, 6) is 3.16. The fraction of sp³-hybridized carbons (Fsp3) is 0.312. The molecule has 24 heavy (non-hydrogen) atoms. The van der Waals surface area contributed by atoms with Crippen LogP contribution in [0, 0.1) is 11.8 Å². The minimum Gasteiger partial charge on any atom is -0.472 e. The summed E-state index contributed by atoms with van der Waals surface area (Å²) >= 11 is 6.10. The number of hydrogen-bond donors (Lipinski definition) is 1. The van der Waals surface area contributed by atoms with Gasteiger partial charge in [0, 0.05) is 17.0 Å². The highest BCUT2D eigenvalue weighted by Gasteiger charge is 2.36. The molecule has 2 heterocycles. The van der Waals surface area contributed by atoms with Crippen molar-refractivity contribution in [1.29, 1.82) is 0 Å². The van der Waals surface area contributed by atoms with E-state index in [0.29, 0.717) is 28.6 Å². The third kappa shape index (κ3) is 3.57. The van der Waals surface area contributed by atoms with Crippen molar-refractivity contribution in [2.24, 2.45) is 0 Å². The van der Waals surface area contributed by atoms with Gasteiger partial charge >= 0.3 is 5.97 Å². The van der Waals surface area contributed by atoms with E-state index in [4.69, 9.17) is 30.6 Å². The van der Waals surface area contributed by atoms with Crippen molar-refractivity contribution in [3.8, 4) is 23.3 Å². The maximum Gasteiger partial charge on any atom is 0.382 e. The van der Waals surface area contributed by atoms with Gasteiger partial charge in [0.05, 0.1) is 11.6 Å². The van der Waals surface area contributed by atoms with Gasteiger partial charge in [0.2, 0.25) is 11.8 Å². The van der Waals surface area contributed by atoms with E-state index in [-0.39, 0.29) is 5.89 Å². The van der Waals surface area contributed by atoms with Crippen molar-refractivity contribution < 1.29 is 23.8 Å². The number of carboxylic acids is 1. The molecule has 0 saturated carbocycles. The standard InChI is InChI=1S/C16H13ClN2O5/c1-16(2)22-8-12(24-16)15-19-18-14(23-15)10-4-3-9(11(17)7-10)5-6-13(20)21/h3-4,7,12H,8H2,1-2H3,(H,20,21). The number of aliphatic carboxylic acids is 1. The molecule has 1 aliphatic heterocycles. The predicted octanol–water partition coefficient (Wildman–Crippen LogP) is 2.65. The Hall–Kier alpha value is -2.40. The van der Waals surface area contributed by atoms with Crippen LogP contribution in [0.3, 0.4) is 0 Å². The number of aromatic nitrogens is 2. The quantitative estimate of drug-likeness (QED) is 0.833. The van der Waals surface area contributed by atoms with E-state index in [1.54, 1.807) is 32.0 Å². The van der Waals surface area contributed by atoms with E-state index < -0.39 is 17.9 Å². The molecule has 8 heteroatoms. The zero-order chi connectivity index (χ0) is 17.3. The van der Waals surface area contributed by atoms with Crippen molar-refractivity contribution >= 4 is 17.6 Å². The van der Waals surface area contributed by atoms with Crippen molar-refractivity contribution in [2.45, 2.75) is 25.7 Å². The van der Waals surface area contributed by atoms with Crippen LogP contribution in [0.2, 0.25) is 5.02 Å². The van der Waals surface area contributed by atoms with Crippen LogP contribution in [0.5, 0.6) is 0 Å². The maximum atomic E-state index is 10.5. The van der Waals surface area contributed by atoms with Crippen LogP contribution in [-0.2, 0) is 14.3 Å². The number of carboxylic acid groups (broad SMARTS) is 1. The van der Waals surface area contributed by atoms with Crippen LogP contribution in [0.25, 0.3) is 11.5 Å². The summed E-state index contributed by atoms with van der Waals surface area (Å²) in [7, 11) is 0. The molecule has 0 amide bonds. The van der Waals surface area contributed by atoms with Gasteiger partial charge in [0.25, 0.3) is 0 Å². The molecule has 1 N–H and O–H groups in total. The first-order chi connectivity index (χ1) is 11.3. The first-order valence-corrected chi connectivity index (χ1v) is 7.42. The van der Waals surface area contributed by atoms with E-state index in [0.717, 1.165) is 0 Å². The highest BCUT2D eigenvalue weighted by molar-refractivity contribution is 6.32. The second-order valence-corrected chi connectivity index (χ2v) is 5.92. The molecule has 0 bridgehead atoms. The zero-order valence-electron chi connectivity index (χ0n) is 12.9. The summed E-state index contributed by atoms with van der Waals surface area (Å²) < 4.78 is 16.8. The van der Waals surface area contributed by atoms with Crippen LogP contribution in [0.4, 0.5) is 0 Å². The molecule has 7 nitrogen and oxygen atoms in total. The third-order valence-electron chi connectivity index (χ3n) is 3.24. The van der Waals surface area contributed by atoms with Gasteiger partial charge in [-0.3, -0.25) is 0 Å². The number of benzene rings is 1. The molecule has 0 aliphatic carbocycles. The first kappa shape index (κ1) is 16.5. The van der Waals surface area contributed by atoms with E-state index in [9.17, 15) is 4.79 Å². The third-order valence-corrected chi connectivity index (χ3v) is 3.56. The summed E-state index contributed by atoms with van der Waals surface area (Å²) in [4.78, 5) is 10.5. The molecule has 1 aromatic carbocycles. The molecule has 0 spiro atoms. The minimum absolute atomic E-state index is 0.276. The summed E-state index contributed by atoms with van der Waals surface area (Å²) in [6.45, 7) is 3.95. The monoisotopic (exact) mass is 348 g/mol. The number of rotatable bonds is 2. The predicted molar refractivity (Wildman–Crippen MR) is 83.1 cm³/mol.